The molecule has 0 bridgehead atoms. The Hall–Kier alpha value is -2.15. The lowest BCUT2D eigenvalue weighted by atomic mass is 10.1. The van der Waals surface area contributed by atoms with Crippen molar-refractivity contribution in [2.75, 3.05) is 11.1 Å². The molecule has 0 amide bonds. The third-order valence-corrected chi connectivity index (χ3v) is 3.93. The van der Waals surface area contributed by atoms with Gasteiger partial charge in [-0.15, -0.1) is 11.3 Å². The minimum Gasteiger partial charge on any atom is -0.383 e. The topological polar surface area (TPSA) is 94.1 Å². The van der Waals surface area contributed by atoms with Gasteiger partial charge in [-0.3, -0.25) is 10.1 Å². The molecule has 0 aliphatic carbocycles. The smallest absolute Gasteiger partial charge is 0.276 e. The summed E-state index contributed by atoms with van der Waals surface area (Å²) in [6, 6.07) is 4.75. The van der Waals surface area contributed by atoms with Crippen LogP contribution in [0.1, 0.15) is 28.3 Å². The molecular weight excluding hydrogens is 276 g/mol. The van der Waals surface area contributed by atoms with Gasteiger partial charge in [0.25, 0.3) is 5.69 Å². The molecule has 20 heavy (non-hydrogen) atoms. The Kier molecular flexibility index (Phi) is 3.89. The van der Waals surface area contributed by atoms with Crippen LogP contribution in [0.5, 0.6) is 0 Å². The third-order valence-electron chi connectivity index (χ3n) is 2.95. The van der Waals surface area contributed by atoms with Crippen LogP contribution in [0.3, 0.4) is 0 Å². The monoisotopic (exact) mass is 292 g/mol. The van der Waals surface area contributed by atoms with Crippen LogP contribution in [-0.4, -0.2) is 9.91 Å². The number of anilines is 2. The zero-order chi connectivity index (χ0) is 14.9. The number of nitro groups is 1. The molecule has 0 saturated heterocycles. The van der Waals surface area contributed by atoms with Gasteiger partial charge < -0.3 is 11.1 Å². The number of thiophene rings is 1. The highest BCUT2D eigenvalue weighted by Gasteiger charge is 2.14. The molecule has 6 nitrogen and oxygen atoms in total. The van der Waals surface area contributed by atoms with Crippen molar-refractivity contribution in [2.24, 2.45) is 0 Å². The van der Waals surface area contributed by atoms with Crippen molar-refractivity contribution in [3.8, 4) is 0 Å². The van der Waals surface area contributed by atoms with Crippen LogP contribution >= 0.6 is 11.3 Å². The SMILES string of the molecule is Cc1cc(C(C)Nc2cc([N+](=O)[O-])cc(N)n2)c(C)s1. The van der Waals surface area contributed by atoms with Gasteiger partial charge >= 0.3 is 0 Å². The summed E-state index contributed by atoms with van der Waals surface area (Å²) in [4.78, 5) is 16.9. The van der Waals surface area contributed by atoms with Crippen LogP contribution in [0.2, 0.25) is 0 Å². The summed E-state index contributed by atoms with van der Waals surface area (Å²) in [5, 5.41) is 14.0. The molecule has 7 heteroatoms. The third kappa shape index (κ3) is 3.05. The molecule has 0 aliphatic rings. The summed E-state index contributed by atoms with van der Waals surface area (Å²) in [6.45, 7) is 6.10. The number of nitrogen functional groups attached to an aromatic ring is 1. The molecule has 0 radical (unpaired) electrons. The Morgan fingerprint density at radius 1 is 1.40 bits per heavy atom. The lowest BCUT2D eigenvalue weighted by molar-refractivity contribution is -0.384. The number of aromatic nitrogens is 1. The quantitative estimate of drug-likeness (QED) is 0.665. The van der Waals surface area contributed by atoms with Gasteiger partial charge in [0.05, 0.1) is 23.1 Å². The first-order valence-electron chi connectivity index (χ1n) is 6.12. The Labute approximate surface area is 120 Å². The summed E-state index contributed by atoms with van der Waals surface area (Å²) < 4.78 is 0. The minimum atomic E-state index is -0.478. The lowest BCUT2D eigenvalue weighted by Crippen LogP contribution is -2.09. The number of nitrogens with one attached hydrogen (secondary N) is 1. The first-order chi connectivity index (χ1) is 9.36. The fraction of sp³-hybridized carbons (Fsp3) is 0.308. The zero-order valence-electron chi connectivity index (χ0n) is 11.5. The van der Waals surface area contributed by atoms with Crippen LogP contribution in [0.25, 0.3) is 0 Å². The summed E-state index contributed by atoms with van der Waals surface area (Å²) >= 11 is 1.73. The second-order valence-corrected chi connectivity index (χ2v) is 6.09. The van der Waals surface area contributed by atoms with Crippen molar-refractivity contribution in [3.05, 3.63) is 43.6 Å². The normalized spacial score (nSPS) is 12.2. The summed E-state index contributed by atoms with van der Waals surface area (Å²) in [5.74, 6) is 0.541. The molecule has 3 N–H and O–H groups in total. The maximum absolute atomic E-state index is 10.8. The number of hydrogen-bond donors (Lipinski definition) is 2. The number of rotatable bonds is 4. The number of hydrogen-bond acceptors (Lipinski definition) is 6. The van der Waals surface area contributed by atoms with E-state index in [0.717, 1.165) is 0 Å². The molecular formula is C13H16N4O2S. The fourth-order valence-electron chi connectivity index (χ4n) is 2.10. The minimum absolute atomic E-state index is 0.00820. The maximum Gasteiger partial charge on any atom is 0.276 e. The lowest BCUT2D eigenvalue weighted by Gasteiger charge is -2.14. The Bertz CT molecular complexity index is 654. The van der Waals surface area contributed by atoms with Crippen molar-refractivity contribution in [1.29, 1.82) is 0 Å². The fourth-order valence-corrected chi connectivity index (χ4v) is 3.12. The van der Waals surface area contributed by atoms with Crippen molar-refractivity contribution in [1.82, 2.24) is 4.98 Å². The average Bonchev–Trinajstić information content (AvgIpc) is 2.67. The first kappa shape index (κ1) is 14.3. The predicted molar refractivity (Wildman–Crippen MR) is 81.1 cm³/mol. The van der Waals surface area contributed by atoms with Gasteiger partial charge in [-0.2, -0.15) is 0 Å². The molecule has 2 heterocycles. The van der Waals surface area contributed by atoms with Gasteiger partial charge in [0.15, 0.2) is 0 Å². The number of nitrogens with two attached hydrogens (primary N) is 1. The van der Waals surface area contributed by atoms with E-state index in [0.29, 0.717) is 5.82 Å². The number of nitrogens with zero attached hydrogens (tertiary/aromatic N) is 2. The Balaban J connectivity index is 2.25. The molecule has 0 spiro atoms. The van der Waals surface area contributed by atoms with Gasteiger partial charge in [-0.1, -0.05) is 0 Å². The van der Waals surface area contributed by atoms with Crippen molar-refractivity contribution in [2.45, 2.75) is 26.8 Å². The first-order valence-corrected chi connectivity index (χ1v) is 6.94. The molecule has 0 saturated carbocycles. The summed E-state index contributed by atoms with van der Waals surface area (Å²) in [7, 11) is 0. The van der Waals surface area contributed by atoms with E-state index in [4.69, 9.17) is 5.73 Å². The molecule has 0 fully saturated rings. The highest BCUT2D eigenvalue weighted by molar-refractivity contribution is 7.12. The van der Waals surface area contributed by atoms with Gasteiger partial charge in [0, 0.05) is 9.75 Å². The van der Waals surface area contributed by atoms with Crippen LogP contribution in [-0.2, 0) is 0 Å². The van der Waals surface area contributed by atoms with Crippen LogP contribution in [0.4, 0.5) is 17.3 Å². The highest BCUT2D eigenvalue weighted by atomic mass is 32.1. The van der Waals surface area contributed by atoms with Gasteiger partial charge in [-0.05, 0) is 32.4 Å². The molecule has 0 aliphatic heterocycles. The van der Waals surface area contributed by atoms with E-state index in [-0.39, 0.29) is 17.5 Å². The largest absolute Gasteiger partial charge is 0.383 e. The van der Waals surface area contributed by atoms with E-state index >= 15 is 0 Å². The Morgan fingerprint density at radius 3 is 2.65 bits per heavy atom. The zero-order valence-corrected chi connectivity index (χ0v) is 12.3. The molecule has 2 aromatic heterocycles. The van der Waals surface area contributed by atoms with E-state index in [9.17, 15) is 10.1 Å². The molecule has 1 atom stereocenters. The summed E-state index contributed by atoms with van der Waals surface area (Å²) in [5.41, 5.74) is 6.69. The predicted octanol–water partition coefficient (Wildman–Crippen LogP) is 3.42. The van der Waals surface area contributed by atoms with Crippen molar-refractivity contribution >= 4 is 28.7 Å². The molecule has 2 rings (SSSR count). The molecule has 0 aromatic carbocycles. The second kappa shape index (κ2) is 5.46. The summed E-state index contributed by atoms with van der Waals surface area (Å²) in [6.07, 6.45) is 0. The van der Waals surface area contributed by atoms with Crippen LogP contribution < -0.4 is 11.1 Å². The van der Waals surface area contributed by atoms with E-state index in [1.54, 1.807) is 11.3 Å². The van der Waals surface area contributed by atoms with Gasteiger partial charge in [0.1, 0.15) is 11.6 Å². The van der Waals surface area contributed by atoms with Crippen molar-refractivity contribution < 1.29 is 4.92 Å². The molecule has 2 aromatic rings. The number of pyridine rings is 1. The molecule has 1 unspecified atom stereocenters. The van der Waals surface area contributed by atoms with E-state index in [2.05, 4.69) is 30.2 Å². The maximum atomic E-state index is 10.8. The van der Waals surface area contributed by atoms with Crippen LogP contribution in [0, 0.1) is 24.0 Å². The van der Waals surface area contributed by atoms with Gasteiger partial charge in [0.2, 0.25) is 0 Å². The molecule has 106 valence electrons. The Morgan fingerprint density at radius 2 is 2.10 bits per heavy atom. The second-order valence-electron chi connectivity index (χ2n) is 4.63. The van der Waals surface area contributed by atoms with E-state index < -0.39 is 4.92 Å². The van der Waals surface area contributed by atoms with Crippen LogP contribution in [0.15, 0.2) is 18.2 Å². The number of aryl methyl sites for hydroxylation is 2. The van der Waals surface area contributed by atoms with Gasteiger partial charge in [-0.25, -0.2) is 4.98 Å². The highest BCUT2D eigenvalue weighted by Crippen LogP contribution is 2.29. The average molecular weight is 292 g/mol. The van der Waals surface area contributed by atoms with E-state index in [1.165, 1.54) is 27.5 Å². The van der Waals surface area contributed by atoms with E-state index in [1.807, 2.05) is 6.92 Å². The van der Waals surface area contributed by atoms with Crippen molar-refractivity contribution in [3.63, 3.8) is 0 Å². The standard InChI is InChI=1S/C13H16N4O2S/c1-7-4-11(9(3)20-7)8(2)15-13-6-10(17(18)19)5-12(14)16-13/h4-6,8H,1-3H3,(H3,14,15,16).